The summed E-state index contributed by atoms with van der Waals surface area (Å²) < 4.78 is 67.7. The van der Waals surface area contributed by atoms with E-state index in [1.807, 2.05) is 4.90 Å². The Balaban J connectivity index is 1.34. The predicted molar refractivity (Wildman–Crippen MR) is 153 cm³/mol. The average molecular weight is 647 g/mol. The third-order valence-electron chi connectivity index (χ3n) is 7.48. The molecule has 1 atom stereocenters. The maximum atomic E-state index is 15.0. The van der Waals surface area contributed by atoms with E-state index < -0.39 is 47.7 Å². The number of carbonyl (C=O) groups excluding carboxylic acids is 2. The molecule has 44 heavy (non-hydrogen) atoms. The van der Waals surface area contributed by atoms with Crippen LogP contribution in [-0.2, 0) is 11.3 Å². The molecule has 4 N–H and O–H groups in total. The van der Waals surface area contributed by atoms with Gasteiger partial charge < -0.3 is 26.0 Å². The Bertz CT molecular complexity index is 1370. The van der Waals surface area contributed by atoms with E-state index in [0.29, 0.717) is 56.4 Å². The molecule has 3 amide bonds. The molecule has 0 bridgehead atoms. The molecule has 240 valence electrons. The Labute approximate surface area is 255 Å². The van der Waals surface area contributed by atoms with Gasteiger partial charge in [-0.3, -0.25) is 19.4 Å². The minimum Gasteiger partial charge on any atom is -0.465 e. The average Bonchev–Trinajstić information content (AvgIpc) is 3.39. The van der Waals surface area contributed by atoms with E-state index in [-0.39, 0.29) is 36.9 Å². The van der Waals surface area contributed by atoms with Crippen LogP contribution >= 0.6 is 11.6 Å². The van der Waals surface area contributed by atoms with Gasteiger partial charge in [0.05, 0.1) is 29.9 Å². The fraction of sp³-hybridized carbons (Fsp3) is 0.464. The summed E-state index contributed by atoms with van der Waals surface area (Å²) in [6.45, 7) is 1.79. The van der Waals surface area contributed by atoms with Crippen molar-refractivity contribution in [1.29, 1.82) is 0 Å². The number of likely N-dealkylation sites (tertiary alicyclic amines) is 1. The lowest BCUT2D eigenvalue weighted by atomic mass is 10.1. The summed E-state index contributed by atoms with van der Waals surface area (Å²) >= 11 is 6.16. The standard InChI is InChI=1S/C28H32ClF5N6O4/c29-18-2-4-21(22(13-18)40-11-9-38(10-12-40)8-6-28(32,33)34)37-26(42)20-3-1-17(24(30)25(20)31)14-35-23(41)16-39-7-5-19(15-39)36-27(43)44/h1-4,13,19,36H,5-12,14-16H2,(H,35,41)(H,37,42)(H,43,44). The van der Waals surface area contributed by atoms with Crippen LogP contribution in [0.3, 0.4) is 0 Å². The van der Waals surface area contributed by atoms with E-state index in [1.54, 1.807) is 15.9 Å². The molecule has 1 unspecified atom stereocenters. The number of hydrogen-bond acceptors (Lipinski definition) is 6. The van der Waals surface area contributed by atoms with Crippen LogP contribution in [0.4, 0.5) is 38.1 Å². The van der Waals surface area contributed by atoms with Crippen LogP contribution in [0.1, 0.15) is 28.8 Å². The van der Waals surface area contributed by atoms with Crippen LogP contribution in [0.2, 0.25) is 5.02 Å². The highest BCUT2D eigenvalue weighted by Crippen LogP contribution is 2.31. The van der Waals surface area contributed by atoms with Crippen molar-refractivity contribution in [2.24, 2.45) is 0 Å². The molecule has 10 nitrogen and oxygen atoms in total. The number of nitrogens with zero attached hydrogens (tertiary/aromatic N) is 3. The maximum absolute atomic E-state index is 15.0. The lowest BCUT2D eigenvalue weighted by molar-refractivity contribution is -0.138. The molecule has 2 fully saturated rings. The van der Waals surface area contributed by atoms with Crippen LogP contribution in [0.5, 0.6) is 0 Å². The van der Waals surface area contributed by atoms with Gasteiger partial charge in [0.2, 0.25) is 5.91 Å². The largest absolute Gasteiger partial charge is 0.465 e. The van der Waals surface area contributed by atoms with Gasteiger partial charge in [0.15, 0.2) is 11.6 Å². The number of benzene rings is 2. The number of carbonyl (C=O) groups is 3. The summed E-state index contributed by atoms with van der Waals surface area (Å²) in [4.78, 5) is 41.4. The summed E-state index contributed by atoms with van der Waals surface area (Å²) in [6.07, 6.45) is -5.76. The van der Waals surface area contributed by atoms with E-state index >= 15 is 4.39 Å². The number of hydrogen-bond donors (Lipinski definition) is 4. The van der Waals surface area contributed by atoms with Gasteiger partial charge in [-0.05, 0) is 30.7 Å². The van der Waals surface area contributed by atoms with Crippen LogP contribution in [-0.4, -0.2) is 97.4 Å². The zero-order valence-corrected chi connectivity index (χ0v) is 24.3. The first-order chi connectivity index (χ1) is 20.8. The molecule has 0 saturated carbocycles. The number of carboxylic acid groups (broad SMARTS) is 1. The van der Waals surface area contributed by atoms with Gasteiger partial charge in [-0.1, -0.05) is 17.7 Å². The third-order valence-corrected chi connectivity index (χ3v) is 7.72. The molecule has 0 spiro atoms. The molecule has 0 aromatic heterocycles. The number of rotatable bonds is 10. The molecule has 2 aromatic rings. The van der Waals surface area contributed by atoms with Crippen molar-refractivity contribution in [3.63, 3.8) is 0 Å². The van der Waals surface area contributed by atoms with E-state index in [9.17, 15) is 31.9 Å². The second-order valence-corrected chi connectivity index (χ2v) is 11.1. The zero-order valence-electron chi connectivity index (χ0n) is 23.5. The lowest BCUT2D eigenvalue weighted by Gasteiger charge is -2.37. The molecule has 2 aromatic carbocycles. The first-order valence-corrected chi connectivity index (χ1v) is 14.3. The second-order valence-electron chi connectivity index (χ2n) is 10.7. The normalized spacial score (nSPS) is 17.9. The number of piperazine rings is 1. The third kappa shape index (κ3) is 9.16. The lowest BCUT2D eigenvalue weighted by Crippen LogP contribution is -2.47. The number of amides is 3. The molecule has 0 radical (unpaired) electrons. The van der Waals surface area contributed by atoms with Crippen LogP contribution < -0.4 is 20.9 Å². The van der Waals surface area contributed by atoms with Crippen molar-refractivity contribution < 1.29 is 41.4 Å². The van der Waals surface area contributed by atoms with Gasteiger partial charge in [-0.15, -0.1) is 0 Å². The highest BCUT2D eigenvalue weighted by molar-refractivity contribution is 6.31. The molecular formula is C28H32ClF5N6O4. The molecule has 2 aliphatic rings. The van der Waals surface area contributed by atoms with Gasteiger partial charge in [-0.2, -0.15) is 13.2 Å². The predicted octanol–water partition coefficient (Wildman–Crippen LogP) is 3.90. The van der Waals surface area contributed by atoms with Crippen molar-refractivity contribution in [2.75, 3.05) is 62.6 Å². The Kier molecular flexibility index (Phi) is 10.9. The van der Waals surface area contributed by atoms with Crippen molar-refractivity contribution in [3.05, 3.63) is 58.1 Å². The SMILES string of the molecule is O=C(O)NC1CCN(CC(=O)NCc2ccc(C(=O)Nc3ccc(Cl)cc3N3CCN(CCC(F)(F)F)CC3)c(F)c2F)C1. The highest BCUT2D eigenvalue weighted by atomic mass is 35.5. The van der Waals surface area contributed by atoms with Crippen molar-refractivity contribution >= 4 is 40.9 Å². The number of anilines is 2. The molecule has 16 heteroatoms. The Morgan fingerprint density at radius 2 is 1.70 bits per heavy atom. The monoisotopic (exact) mass is 646 g/mol. The minimum atomic E-state index is -4.25. The number of nitrogens with one attached hydrogen (secondary N) is 3. The van der Waals surface area contributed by atoms with Crippen molar-refractivity contribution in [3.8, 4) is 0 Å². The molecule has 2 saturated heterocycles. The first kappa shape index (κ1) is 33.2. The summed E-state index contributed by atoms with van der Waals surface area (Å²) in [6, 6.07) is 6.59. The quantitative estimate of drug-likeness (QED) is 0.289. The van der Waals surface area contributed by atoms with Crippen LogP contribution in [0.15, 0.2) is 30.3 Å². The topological polar surface area (TPSA) is 117 Å². The summed E-state index contributed by atoms with van der Waals surface area (Å²) in [5, 5.41) is 16.6. The van der Waals surface area contributed by atoms with Gasteiger partial charge in [0.1, 0.15) is 0 Å². The van der Waals surface area contributed by atoms with Crippen molar-refractivity contribution in [1.82, 2.24) is 20.4 Å². The van der Waals surface area contributed by atoms with Crippen LogP contribution in [0, 0.1) is 11.6 Å². The van der Waals surface area contributed by atoms with E-state index in [1.165, 1.54) is 18.2 Å². The molecule has 2 aliphatic heterocycles. The fourth-order valence-electron chi connectivity index (χ4n) is 5.18. The number of halogens is 6. The fourth-order valence-corrected chi connectivity index (χ4v) is 5.35. The van der Waals surface area contributed by atoms with Gasteiger partial charge in [-0.25, -0.2) is 13.6 Å². The second kappa shape index (κ2) is 14.4. The molecule has 4 rings (SSSR count). The summed E-state index contributed by atoms with van der Waals surface area (Å²) in [7, 11) is 0. The summed E-state index contributed by atoms with van der Waals surface area (Å²) in [5.74, 6) is -4.08. The Morgan fingerprint density at radius 1 is 0.977 bits per heavy atom. The van der Waals surface area contributed by atoms with E-state index in [0.717, 1.165) is 6.07 Å². The summed E-state index contributed by atoms with van der Waals surface area (Å²) in [5.41, 5.74) is 0.0194. The van der Waals surface area contributed by atoms with E-state index in [2.05, 4.69) is 16.0 Å². The van der Waals surface area contributed by atoms with Crippen LogP contribution in [0.25, 0.3) is 0 Å². The van der Waals surface area contributed by atoms with Gasteiger partial charge >= 0.3 is 12.3 Å². The molecule has 0 aliphatic carbocycles. The highest BCUT2D eigenvalue weighted by Gasteiger charge is 2.30. The Hall–Kier alpha value is -3.69. The van der Waals surface area contributed by atoms with E-state index in [4.69, 9.17) is 16.7 Å². The van der Waals surface area contributed by atoms with Gasteiger partial charge in [0.25, 0.3) is 5.91 Å². The zero-order chi connectivity index (χ0) is 32.0. The van der Waals surface area contributed by atoms with Gasteiger partial charge in [0, 0.05) is 69.0 Å². The molecule has 2 heterocycles. The number of alkyl halides is 3. The first-order valence-electron chi connectivity index (χ1n) is 13.9. The van der Waals surface area contributed by atoms with Crippen molar-refractivity contribution in [2.45, 2.75) is 31.6 Å². The minimum absolute atomic E-state index is 0.0472. The maximum Gasteiger partial charge on any atom is 0.404 e. The smallest absolute Gasteiger partial charge is 0.404 e. The molecular weight excluding hydrogens is 615 g/mol. The Morgan fingerprint density at radius 3 is 2.39 bits per heavy atom.